The van der Waals surface area contributed by atoms with Gasteiger partial charge < -0.3 is 24.7 Å². The summed E-state index contributed by atoms with van der Waals surface area (Å²) in [7, 11) is 0. The standard InChI is InChI=1S/C11H18N2O5/c14-7-9-6-13(3-4-18-9)11(17)12-2-1-8(5-12)10(15)16/h8-9,14H,1-7H2,(H,15,16). The van der Waals surface area contributed by atoms with Crippen molar-refractivity contribution in [1.82, 2.24) is 9.80 Å². The van der Waals surface area contributed by atoms with Crippen molar-refractivity contribution in [3.05, 3.63) is 0 Å². The molecule has 7 nitrogen and oxygen atoms in total. The molecule has 2 rings (SSSR count). The van der Waals surface area contributed by atoms with E-state index >= 15 is 0 Å². The van der Waals surface area contributed by atoms with Crippen molar-refractivity contribution >= 4 is 12.0 Å². The van der Waals surface area contributed by atoms with Gasteiger partial charge in [-0.3, -0.25) is 4.79 Å². The molecule has 2 unspecified atom stereocenters. The zero-order chi connectivity index (χ0) is 13.1. The van der Waals surface area contributed by atoms with Gasteiger partial charge >= 0.3 is 12.0 Å². The van der Waals surface area contributed by atoms with Crippen LogP contribution in [0.1, 0.15) is 6.42 Å². The highest BCUT2D eigenvalue weighted by atomic mass is 16.5. The monoisotopic (exact) mass is 258 g/mol. The average molecular weight is 258 g/mol. The third kappa shape index (κ3) is 2.73. The minimum absolute atomic E-state index is 0.110. The van der Waals surface area contributed by atoms with Gasteiger partial charge in [0.15, 0.2) is 0 Å². The van der Waals surface area contributed by atoms with E-state index < -0.39 is 11.9 Å². The van der Waals surface area contributed by atoms with E-state index in [1.54, 1.807) is 9.80 Å². The lowest BCUT2D eigenvalue weighted by Crippen LogP contribution is -2.51. The van der Waals surface area contributed by atoms with Crippen molar-refractivity contribution < 1.29 is 24.5 Å². The topological polar surface area (TPSA) is 90.3 Å². The van der Waals surface area contributed by atoms with Gasteiger partial charge in [-0.05, 0) is 6.42 Å². The normalized spacial score (nSPS) is 28.5. The van der Waals surface area contributed by atoms with Crippen LogP contribution >= 0.6 is 0 Å². The second-order valence-electron chi connectivity index (χ2n) is 4.67. The molecular formula is C11H18N2O5. The van der Waals surface area contributed by atoms with E-state index in [1.807, 2.05) is 0 Å². The molecule has 2 aliphatic heterocycles. The highest BCUT2D eigenvalue weighted by Crippen LogP contribution is 2.19. The third-order valence-corrected chi connectivity index (χ3v) is 3.42. The quantitative estimate of drug-likeness (QED) is 0.677. The van der Waals surface area contributed by atoms with Gasteiger partial charge in [0, 0.05) is 19.6 Å². The summed E-state index contributed by atoms with van der Waals surface area (Å²) in [6, 6.07) is -0.152. The fraction of sp³-hybridized carbons (Fsp3) is 0.818. The lowest BCUT2D eigenvalue weighted by molar-refractivity contribution is -0.141. The first-order valence-electron chi connectivity index (χ1n) is 6.11. The molecule has 102 valence electrons. The number of amides is 2. The number of likely N-dealkylation sites (tertiary alicyclic amines) is 1. The second-order valence-corrected chi connectivity index (χ2v) is 4.67. The number of aliphatic hydroxyl groups is 1. The van der Waals surface area contributed by atoms with E-state index in [0.717, 1.165) is 0 Å². The fourth-order valence-corrected chi connectivity index (χ4v) is 2.34. The van der Waals surface area contributed by atoms with Crippen LogP contribution in [0.5, 0.6) is 0 Å². The van der Waals surface area contributed by atoms with E-state index in [-0.39, 0.29) is 25.3 Å². The molecule has 0 aromatic carbocycles. The largest absolute Gasteiger partial charge is 0.481 e. The summed E-state index contributed by atoms with van der Waals surface area (Å²) in [6.45, 7) is 1.91. The van der Waals surface area contributed by atoms with Crippen molar-refractivity contribution in [2.75, 3.05) is 39.4 Å². The van der Waals surface area contributed by atoms with E-state index in [1.165, 1.54) is 0 Å². The number of carbonyl (C=O) groups is 2. The summed E-state index contributed by atoms with van der Waals surface area (Å²) in [5, 5.41) is 17.9. The van der Waals surface area contributed by atoms with E-state index in [2.05, 4.69) is 0 Å². The van der Waals surface area contributed by atoms with Crippen molar-refractivity contribution in [3.63, 3.8) is 0 Å². The third-order valence-electron chi connectivity index (χ3n) is 3.42. The molecule has 2 saturated heterocycles. The molecule has 0 aromatic heterocycles. The van der Waals surface area contributed by atoms with Gasteiger partial charge in [-0.1, -0.05) is 0 Å². The SMILES string of the molecule is O=C(O)C1CCN(C(=O)N2CCOC(CO)C2)C1. The van der Waals surface area contributed by atoms with Gasteiger partial charge in [0.2, 0.25) is 0 Å². The molecule has 2 amide bonds. The van der Waals surface area contributed by atoms with Crippen LogP contribution in [0.3, 0.4) is 0 Å². The Morgan fingerprint density at radius 3 is 2.56 bits per heavy atom. The molecule has 0 saturated carbocycles. The maximum atomic E-state index is 12.2. The van der Waals surface area contributed by atoms with Crippen LogP contribution in [0.25, 0.3) is 0 Å². The first-order chi connectivity index (χ1) is 8.61. The van der Waals surface area contributed by atoms with E-state index in [4.69, 9.17) is 14.9 Å². The van der Waals surface area contributed by atoms with Gasteiger partial charge in [-0.25, -0.2) is 4.79 Å². The summed E-state index contributed by atoms with van der Waals surface area (Å²) in [4.78, 5) is 26.2. The van der Waals surface area contributed by atoms with E-state index in [9.17, 15) is 9.59 Å². The van der Waals surface area contributed by atoms with Gasteiger partial charge in [-0.2, -0.15) is 0 Å². The number of nitrogens with zero attached hydrogens (tertiary/aromatic N) is 2. The number of carboxylic acid groups (broad SMARTS) is 1. The Hall–Kier alpha value is -1.34. The summed E-state index contributed by atoms with van der Waals surface area (Å²) in [6.07, 6.45) is 0.176. The average Bonchev–Trinajstić information content (AvgIpc) is 2.87. The van der Waals surface area contributed by atoms with Crippen molar-refractivity contribution in [2.24, 2.45) is 5.92 Å². The number of urea groups is 1. The summed E-state index contributed by atoms with van der Waals surface area (Å²) in [5.41, 5.74) is 0. The first-order valence-corrected chi connectivity index (χ1v) is 6.11. The van der Waals surface area contributed by atoms with Gasteiger partial charge in [0.25, 0.3) is 0 Å². The van der Waals surface area contributed by atoms with Crippen molar-refractivity contribution in [1.29, 1.82) is 0 Å². The summed E-state index contributed by atoms with van der Waals surface area (Å²) in [5.74, 6) is -1.30. The number of carbonyl (C=O) groups excluding carboxylic acids is 1. The minimum atomic E-state index is -0.847. The highest BCUT2D eigenvalue weighted by molar-refractivity contribution is 5.77. The maximum absolute atomic E-state index is 12.2. The predicted octanol–water partition coefficient (Wildman–Crippen LogP) is -0.794. The van der Waals surface area contributed by atoms with Crippen LogP contribution in [-0.4, -0.2) is 77.5 Å². The smallest absolute Gasteiger partial charge is 0.320 e. The molecule has 18 heavy (non-hydrogen) atoms. The first kappa shape index (κ1) is 13.1. The molecule has 0 bridgehead atoms. The summed E-state index contributed by atoms with van der Waals surface area (Å²) < 4.78 is 5.27. The van der Waals surface area contributed by atoms with Gasteiger partial charge in [0.1, 0.15) is 0 Å². The Morgan fingerprint density at radius 1 is 1.22 bits per heavy atom. The minimum Gasteiger partial charge on any atom is -0.481 e. The Morgan fingerprint density at radius 2 is 1.94 bits per heavy atom. The van der Waals surface area contributed by atoms with Crippen LogP contribution in [0.2, 0.25) is 0 Å². The molecule has 2 atom stereocenters. The molecule has 2 N–H and O–H groups in total. The number of morpholine rings is 1. The molecule has 0 radical (unpaired) electrons. The molecular weight excluding hydrogens is 240 g/mol. The lowest BCUT2D eigenvalue weighted by atomic mass is 10.1. The zero-order valence-electron chi connectivity index (χ0n) is 10.1. The lowest BCUT2D eigenvalue weighted by Gasteiger charge is -2.34. The van der Waals surface area contributed by atoms with Crippen LogP contribution in [0.4, 0.5) is 4.79 Å². The molecule has 7 heteroatoms. The zero-order valence-corrected chi connectivity index (χ0v) is 10.1. The second kappa shape index (κ2) is 5.53. The predicted molar refractivity (Wildman–Crippen MR) is 61.1 cm³/mol. The number of aliphatic hydroxyl groups excluding tert-OH is 1. The number of ether oxygens (including phenoxy) is 1. The highest BCUT2D eigenvalue weighted by Gasteiger charge is 2.34. The molecule has 2 aliphatic rings. The van der Waals surface area contributed by atoms with Gasteiger partial charge in [-0.15, -0.1) is 0 Å². The Labute approximate surface area is 105 Å². The van der Waals surface area contributed by atoms with Crippen LogP contribution in [0, 0.1) is 5.92 Å². The number of aliphatic carboxylic acids is 1. The van der Waals surface area contributed by atoms with Crippen molar-refractivity contribution in [2.45, 2.75) is 12.5 Å². The maximum Gasteiger partial charge on any atom is 0.320 e. The molecule has 0 aromatic rings. The number of hydrogen-bond donors (Lipinski definition) is 2. The molecule has 2 fully saturated rings. The number of hydrogen-bond acceptors (Lipinski definition) is 4. The van der Waals surface area contributed by atoms with Gasteiger partial charge in [0.05, 0.1) is 31.8 Å². The molecule has 2 heterocycles. The van der Waals surface area contributed by atoms with Crippen molar-refractivity contribution in [3.8, 4) is 0 Å². The molecule has 0 spiro atoms. The number of carboxylic acids is 1. The Kier molecular flexibility index (Phi) is 4.03. The van der Waals surface area contributed by atoms with Crippen LogP contribution in [0.15, 0.2) is 0 Å². The number of rotatable bonds is 2. The van der Waals surface area contributed by atoms with E-state index in [0.29, 0.717) is 32.7 Å². The Bertz CT molecular complexity index is 335. The van der Waals surface area contributed by atoms with Crippen LogP contribution < -0.4 is 0 Å². The Balaban J connectivity index is 1.89. The molecule has 0 aliphatic carbocycles. The fourth-order valence-electron chi connectivity index (χ4n) is 2.34. The summed E-state index contributed by atoms with van der Waals surface area (Å²) >= 11 is 0. The van der Waals surface area contributed by atoms with Crippen LogP contribution in [-0.2, 0) is 9.53 Å².